The fourth-order valence-corrected chi connectivity index (χ4v) is 2.17. The number of aryl methyl sites for hydroxylation is 1. The molecule has 0 saturated heterocycles. The summed E-state index contributed by atoms with van der Waals surface area (Å²) in [7, 11) is 0. The van der Waals surface area contributed by atoms with Crippen molar-refractivity contribution in [1.82, 2.24) is 16.0 Å². The zero-order valence-corrected chi connectivity index (χ0v) is 15.2. The van der Waals surface area contributed by atoms with E-state index in [4.69, 9.17) is 9.15 Å². The molecule has 140 valence electrons. The van der Waals surface area contributed by atoms with Gasteiger partial charge in [-0.2, -0.15) is 0 Å². The maximum absolute atomic E-state index is 12.0. The van der Waals surface area contributed by atoms with Gasteiger partial charge in [-0.15, -0.1) is 0 Å². The van der Waals surface area contributed by atoms with Gasteiger partial charge >= 0.3 is 6.03 Å². The Kier molecular flexibility index (Phi) is 7.08. The van der Waals surface area contributed by atoms with Crippen LogP contribution in [0.2, 0.25) is 0 Å². The molecule has 1 aromatic carbocycles. The minimum absolute atomic E-state index is 0.213. The summed E-state index contributed by atoms with van der Waals surface area (Å²) in [6, 6.07) is 9.89. The molecule has 2 rings (SSSR count). The average Bonchev–Trinajstić information content (AvgIpc) is 3.12. The Hall–Kier alpha value is -2.96. The van der Waals surface area contributed by atoms with E-state index in [1.54, 1.807) is 19.1 Å². The summed E-state index contributed by atoms with van der Waals surface area (Å²) < 4.78 is 10.8. The van der Waals surface area contributed by atoms with Crippen LogP contribution in [0.5, 0.6) is 5.75 Å². The Morgan fingerprint density at radius 3 is 2.50 bits per heavy atom. The molecule has 0 radical (unpaired) electrons. The van der Waals surface area contributed by atoms with Crippen LogP contribution in [0.3, 0.4) is 0 Å². The molecule has 26 heavy (non-hydrogen) atoms. The second-order valence-electron chi connectivity index (χ2n) is 6.16. The lowest BCUT2D eigenvalue weighted by Crippen LogP contribution is -2.51. The van der Waals surface area contributed by atoms with Crippen LogP contribution in [0, 0.1) is 6.92 Å². The largest absolute Gasteiger partial charge is 0.491 e. The molecule has 0 spiro atoms. The van der Waals surface area contributed by atoms with Crippen molar-refractivity contribution in [2.45, 2.75) is 39.4 Å². The van der Waals surface area contributed by atoms with Crippen molar-refractivity contribution in [2.75, 3.05) is 6.61 Å². The Balaban J connectivity index is 1.67. The normalized spacial score (nSPS) is 12.7. The van der Waals surface area contributed by atoms with E-state index in [1.807, 2.05) is 38.1 Å². The van der Waals surface area contributed by atoms with Gasteiger partial charge in [-0.05, 0) is 45.0 Å². The summed E-state index contributed by atoms with van der Waals surface area (Å²) in [5.41, 5.74) is 1.15. The number of rotatable bonds is 8. The fraction of sp³-hybridized carbons (Fsp3) is 0.368. The van der Waals surface area contributed by atoms with Crippen LogP contribution in [0.1, 0.15) is 25.2 Å². The smallest absolute Gasteiger partial charge is 0.315 e. The van der Waals surface area contributed by atoms with Gasteiger partial charge < -0.3 is 25.1 Å². The average molecular weight is 359 g/mol. The monoisotopic (exact) mass is 359 g/mol. The number of ether oxygens (including phenoxy) is 1. The summed E-state index contributed by atoms with van der Waals surface area (Å²) in [5.74, 6) is 1.10. The lowest BCUT2D eigenvalue weighted by molar-refractivity contribution is -0.122. The van der Waals surface area contributed by atoms with Gasteiger partial charge in [0.25, 0.3) is 0 Å². The van der Waals surface area contributed by atoms with Gasteiger partial charge in [-0.3, -0.25) is 4.79 Å². The van der Waals surface area contributed by atoms with Crippen LogP contribution in [-0.4, -0.2) is 30.6 Å². The summed E-state index contributed by atoms with van der Waals surface area (Å²) >= 11 is 0. The molecule has 1 heterocycles. The maximum atomic E-state index is 12.0. The van der Waals surface area contributed by atoms with Crippen LogP contribution in [0.4, 0.5) is 4.79 Å². The molecular formula is C19H25N3O4. The second-order valence-corrected chi connectivity index (χ2v) is 6.16. The molecule has 1 aromatic heterocycles. The molecule has 3 N–H and O–H groups in total. The predicted molar refractivity (Wildman–Crippen MR) is 97.8 cm³/mol. The van der Waals surface area contributed by atoms with E-state index in [1.165, 1.54) is 6.26 Å². The third-order valence-corrected chi connectivity index (χ3v) is 3.66. The van der Waals surface area contributed by atoms with Gasteiger partial charge in [0.05, 0.1) is 18.8 Å². The minimum atomic E-state index is -0.671. The fourth-order valence-electron chi connectivity index (χ4n) is 2.17. The third kappa shape index (κ3) is 6.51. The predicted octanol–water partition coefficient (Wildman–Crippen LogP) is 2.36. The summed E-state index contributed by atoms with van der Waals surface area (Å²) in [6.45, 7) is 6.06. The van der Waals surface area contributed by atoms with Crippen molar-refractivity contribution in [3.05, 3.63) is 54.0 Å². The molecule has 0 fully saturated rings. The van der Waals surface area contributed by atoms with Crippen LogP contribution in [-0.2, 0) is 11.3 Å². The summed E-state index contributed by atoms with van der Waals surface area (Å²) in [6.07, 6.45) is 1.54. The number of hydrogen-bond acceptors (Lipinski definition) is 4. The van der Waals surface area contributed by atoms with Gasteiger partial charge in [0, 0.05) is 0 Å². The standard InChI is InChI=1S/C19H25N3O4/c1-13-6-8-16(9-7-13)26-12-14(2)21-19(24)22-15(3)18(23)20-11-17-5-4-10-25-17/h4-10,14-15H,11-12H2,1-3H3,(H,20,23)(H2,21,22,24)/t14-,15-/m0/s1. The highest BCUT2D eigenvalue weighted by atomic mass is 16.5. The maximum Gasteiger partial charge on any atom is 0.315 e. The number of urea groups is 1. The first-order valence-electron chi connectivity index (χ1n) is 8.50. The van der Waals surface area contributed by atoms with Crippen LogP contribution >= 0.6 is 0 Å². The first kappa shape index (κ1) is 19.4. The number of benzene rings is 1. The molecule has 2 aromatic rings. The molecule has 7 heteroatoms. The Bertz CT molecular complexity index is 698. The van der Waals surface area contributed by atoms with E-state index in [2.05, 4.69) is 16.0 Å². The van der Waals surface area contributed by atoms with Crippen molar-refractivity contribution in [3.8, 4) is 5.75 Å². The number of furan rings is 1. The first-order valence-corrected chi connectivity index (χ1v) is 8.50. The molecular weight excluding hydrogens is 334 g/mol. The summed E-state index contributed by atoms with van der Waals surface area (Å²) in [5, 5.41) is 8.04. The second kappa shape index (κ2) is 9.50. The van der Waals surface area contributed by atoms with Gasteiger partial charge in [0.15, 0.2) is 0 Å². The Morgan fingerprint density at radius 2 is 1.85 bits per heavy atom. The minimum Gasteiger partial charge on any atom is -0.491 e. The highest BCUT2D eigenvalue weighted by Gasteiger charge is 2.17. The quantitative estimate of drug-likeness (QED) is 0.675. The lowest BCUT2D eigenvalue weighted by Gasteiger charge is -2.18. The van der Waals surface area contributed by atoms with E-state index in [-0.39, 0.29) is 18.5 Å². The van der Waals surface area contributed by atoms with E-state index in [9.17, 15) is 9.59 Å². The van der Waals surface area contributed by atoms with E-state index < -0.39 is 12.1 Å². The van der Waals surface area contributed by atoms with Crippen LogP contribution < -0.4 is 20.7 Å². The molecule has 0 saturated carbocycles. The van der Waals surface area contributed by atoms with Crippen molar-refractivity contribution in [1.29, 1.82) is 0 Å². The molecule has 0 aliphatic heterocycles. The number of amides is 3. The van der Waals surface area contributed by atoms with E-state index in [0.717, 1.165) is 11.3 Å². The molecule has 0 aliphatic rings. The number of carbonyl (C=O) groups is 2. The first-order chi connectivity index (χ1) is 12.4. The van der Waals surface area contributed by atoms with Crippen molar-refractivity contribution in [2.24, 2.45) is 0 Å². The Morgan fingerprint density at radius 1 is 1.12 bits per heavy atom. The zero-order valence-electron chi connectivity index (χ0n) is 15.2. The van der Waals surface area contributed by atoms with E-state index >= 15 is 0 Å². The highest BCUT2D eigenvalue weighted by Crippen LogP contribution is 2.11. The number of hydrogen-bond donors (Lipinski definition) is 3. The van der Waals surface area contributed by atoms with Crippen molar-refractivity contribution in [3.63, 3.8) is 0 Å². The molecule has 0 unspecified atom stereocenters. The SMILES string of the molecule is Cc1ccc(OC[C@H](C)NC(=O)N[C@@H](C)C(=O)NCc2ccco2)cc1. The summed E-state index contributed by atoms with van der Waals surface area (Å²) in [4.78, 5) is 24.0. The van der Waals surface area contributed by atoms with Crippen LogP contribution in [0.15, 0.2) is 47.1 Å². The van der Waals surface area contributed by atoms with E-state index in [0.29, 0.717) is 12.4 Å². The molecule has 2 atom stereocenters. The molecule has 0 bridgehead atoms. The van der Waals surface area contributed by atoms with Gasteiger partial charge in [-0.1, -0.05) is 17.7 Å². The molecule has 7 nitrogen and oxygen atoms in total. The Labute approximate surface area is 153 Å². The highest BCUT2D eigenvalue weighted by molar-refractivity contribution is 5.86. The van der Waals surface area contributed by atoms with Crippen molar-refractivity contribution >= 4 is 11.9 Å². The zero-order chi connectivity index (χ0) is 18.9. The van der Waals surface area contributed by atoms with Gasteiger partial charge in [0.2, 0.25) is 5.91 Å². The number of nitrogens with one attached hydrogen (secondary N) is 3. The molecule has 0 aliphatic carbocycles. The topological polar surface area (TPSA) is 92.6 Å². The van der Waals surface area contributed by atoms with Gasteiger partial charge in [-0.25, -0.2) is 4.79 Å². The van der Waals surface area contributed by atoms with Crippen LogP contribution in [0.25, 0.3) is 0 Å². The third-order valence-electron chi connectivity index (χ3n) is 3.66. The number of carbonyl (C=O) groups excluding carboxylic acids is 2. The molecule has 3 amide bonds. The van der Waals surface area contributed by atoms with Gasteiger partial charge in [0.1, 0.15) is 24.2 Å². The lowest BCUT2D eigenvalue weighted by atomic mass is 10.2. The van der Waals surface area contributed by atoms with Crippen molar-refractivity contribution < 1.29 is 18.7 Å².